The molecule has 0 spiro atoms. The molecule has 224 valence electrons. The zero-order valence-electron chi connectivity index (χ0n) is 22.7. The topological polar surface area (TPSA) is 0 Å². The van der Waals surface area contributed by atoms with Crippen LogP contribution in [0.2, 0.25) is 0 Å². The minimum atomic E-state index is -5.53. The van der Waals surface area contributed by atoms with Crippen LogP contribution in [0.25, 0.3) is 11.1 Å². The number of thioether (sulfide) groups is 5. The van der Waals surface area contributed by atoms with Crippen LogP contribution in [0.15, 0.2) is 0 Å². The highest BCUT2D eigenvalue weighted by Crippen LogP contribution is 2.66. The summed E-state index contributed by atoms with van der Waals surface area (Å²) >= 11 is 10.9. The summed E-state index contributed by atoms with van der Waals surface area (Å²) in [4.78, 5) is 1.11. The molecule has 1 aliphatic carbocycles. The zero-order chi connectivity index (χ0) is 29.3. The van der Waals surface area contributed by atoms with Gasteiger partial charge in [-0.2, -0.15) is 85.2 Å². The Balaban J connectivity index is 1.81. The number of fused-ring (bicyclic) bond motifs is 6. The Morgan fingerprint density at radius 2 is 0.775 bits per heavy atom. The first kappa shape index (κ1) is 33.4. The number of allylic oxidation sites excluding steroid dienone is 2. The molecule has 0 nitrogen and oxygen atoms in total. The molecule has 4 bridgehead atoms. The predicted octanol–water partition coefficient (Wildman–Crippen LogP) is 10.6. The number of hydrogen-bond acceptors (Lipinski definition) is 7. The number of aryl methyl sites for hydroxylation is 2. The molecule has 0 amide bonds. The highest BCUT2D eigenvalue weighted by molar-refractivity contribution is 8.05. The van der Waals surface area contributed by atoms with Crippen molar-refractivity contribution in [3.8, 4) is 0 Å². The van der Waals surface area contributed by atoms with Crippen molar-refractivity contribution in [3.63, 3.8) is 0 Å². The van der Waals surface area contributed by atoms with E-state index >= 15 is 17.6 Å². The maximum Gasteiger partial charge on any atom is 0.380 e. The van der Waals surface area contributed by atoms with Crippen LogP contribution in [-0.2, 0) is 11.5 Å². The smallest absolute Gasteiger partial charge is 0.194 e. The summed E-state index contributed by atoms with van der Waals surface area (Å²) in [5, 5.41) is 0. The van der Waals surface area contributed by atoms with Crippen molar-refractivity contribution >= 4 is 92.6 Å². The van der Waals surface area contributed by atoms with Crippen LogP contribution in [0.1, 0.15) is 41.8 Å². The molecule has 0 radical (unpaired) electrons. The monoisotopic (exact) mass is 694 g/mol. The lowest BCUT2D eigenvalue weighted by atomic mass is 9.98. The molecule has 3 heterocycles. The summed E-state index contributed by atoms with van der Waals surface area (Å²) in [5.41, 5.74) is -0.0428. The van der Waals surface area contributed by atoms with Crippen molar-refractivity contribution in [2.75, 3.05) is 46.0 Å². The maximum atomic E-state index is 15.5. The molecule has 1 aliphatic heterocycles. The molecule has 0 atom stereocenters. The average Bonchev–Trinajstić information content (AvgIpc) is 3.35. The molecule has 40 heavy (non-hydrogen) atoms. The van der Waals surface area contributed by atoms with Gasteiger partial charge in [0.05, 0.1) is 11.1 Å². The first-order valence-electron chi connectivity index (χ1n) is 12.8. The number of thiophene rings is 2. The molecule has 2 aromatic heterocycles. The van der Waals surface area contributed by atoms with Crippen LogP contribution in [0.3, 0.4) is 0 Å². The van der Waals surface area contributed by atoms with E-state index in [4.69, 9.17) is 0 Å². The van der Waals surface area contributed by atoms with Crippen LogP contribution in [0.5, 0.6) is 0 Å². The fourth-order valence-corrected chi connectivity index (χ4v) is 13.4. The standard InChI is InChI=1S/C27H32F6S7/c1-15-19-13-37-11-9-35-7-5-34-6-8-36-10-12-38-14-20-16(2)24(40-18(20)4)22-21(23(15)39-17(19)3)25(28,29)27(32,33)26(22,30)31/h5-14H2,1-4H3. The molecule has 0 fully saturated rings. The molecule has 0 unspecified atom stereocenters. The Hall–Kier alpha value is 0.470. The lowest BCUT2D eigenvalue weighted by Crippen LogP contribution is -2.48. The molecular formula is C27H32F6S7. The lowest BCUT2D eigenvalue weighted by Gasteiger charge is -2.25. The molecule has 2 aromatic rings. The summed E-state index contributed by atoms with van der Waals surface area (Å²) < 4.78 is 92.0. The second kappa shape index (κ2) is 13.6. The summed E-state index contributed by atoms with van der Waals surface area (Å²) in [6.45, 7) is 6.71. The third-order valence-electron chi connectivity index (χ3n) is 7.05. The van der Waals surface area contributed by atoms with Gasteiger partial charge in [-0.1, -0.05) is 0 Å². The quantitative estimate of drug-likeness (QED) is 0.251. The zero-order valence-corrected chi connectivity index (χ0v) is 28.4. The fraction of sp³-hybridized carbons (Fsp3) is 0.630. The Kier molecular flexibility index (Phi) is 11.4. The van der Waals surface area contributed by atoms with Crippen molar-refractivity contribution in [1.82, 2.24) is 0 Å². The van der Waals surface area contributed by atoms with Gasteiger partial charge in [-0.15, -0.1) is 22.7 Å². The normalized spacial score (nSPS) is 22.8. The molecule has 0 aromatic carbocycles. The molecule has 0 saturated heterocycles. The fourth-order valence-electron chi connectivity index (χ4n) is 4.74. The third-order valence-corrected chi connectivity index (χ3v) is 15.5. The second-order valence-electron chi connectivity index (χ2n) is 9.60. The SMILES string of the molecule is Cc1sc2c(C)c1CSCCSCCSCCSCCSCc1c(C)sc(c1C)C1=C2C(F)(F)C(F)(F)C1(F)F. The van der Waals surface area contributed by atoms with Gasteiger partial charge in [0.25, 0.3) is 0 Å². The van der Waals surface area contributed by atoms with Gasteiger partial charge in [0.2, 0.25) is 0 Å². The van der Waals surface area contributed by atoms with Gasteiger partial charge in [-0.3, -0.25) is 0 Å². The molecule has 13 heteroatoms. The number of alkyl halides is 6. The average molecular weight is 695 g/mol. The van der Waals surface area contributed by atoms with Crippen LogP contribution < -0.4 is 0 Å². The Bertz CT molecular complexity index is 1140. The van der Waals surface area contributed by atoms with Gasteiger partial charge < -0.3 is 0 Å². The first-order valence-corrected chi connectivity index (χ1v) is 20.2. The Morgan fingerprint density at radius 1 is 0.475 bits per heavy atom. The lowest BCUT2D eigenvalue weighted by molar-refractivity contribution is -0.254. The van der Waals surface area contributed by atoms with Crippen molar-refractivity contribution in [3.05, 3.63) is 41.8 Å². The van der Waals surface area contributed by atoms with E-state index in [9.17, 15) is 8.78 Å². The van der Waals surface area contributed by atoms with Crippen LogP contribution in [-0.4, -0.2) is 63.8 Å². The Labute approximate surface area is 262 Å². The van der Waals surface area contributed by atoms with E-state index < -0.39 is 28.9 Å². The summed E-state index contributed by atoms with van der Waals surface area (Å²) in [6, 6.07) is 0. The first-order chi connectivity index (χ1) is 18.8. The highest BCUT2D eigenvalue weighted by atomic mass is 32.2. The molecule has 2 aliphatic rings. The number of hydrogen-bond donors (Lipinski definition) is 0. The summed E-state index contributed by atoms with van der Waals surface area (Å²) in [6.07, 6.45) is 0. The minimum absolute atomic E-state index is 0.145. The van der Waals surface area contributed by atoms with Crippen molar-refractivity contribution in [1.29, 1.82) is 0 Å². The molecular weight excluding hydrogens is 663 g/mol. The molecule has 0 N–H and O–H groups in total. The van der Waals surface area contributed by atoms with Crippen LogP contribution in [0, 0.1) is 27.7 Å². The van der Waals surface area contributed by atoms with Crippen molar-refractivity contribution in [2.24, 2.45) is 0 Å². The summed E-state index contributed by atoms with van der Waals surface area (Å²) in [5.74, 6) is -6.48. The van der Waals surface area contributed by atoms with Gasteiger partial charge in [-0.25, -0.2) is 0 Å². The van der Waals surface area contributed by atoms with E-state index in [2.05, 4.69) is 0 Å². The minimum Gasteiger partial charge on any atom is -0.194 e. The van der Waals surface area contributed by atoms with Crippen molar-refractivity contribution in [2.45, 2.75) is 57.0 Å². The number of halogens is 6. The summed E-state index contributed by atoms with van der Waals surface area (Å²) in [7, 11) is 0. The number of rotatable bonds is 0. The van der Waals surface area contributed by atoms with Crippen LogP contribution >= 0.6 is 81.5 Å². The van der Waals surface area contributed by atoms with E-state index in [1.54, 1.807) is 51.2 Å². The maximum absolute atomic E-state index is 15.5. The Morgan fingerprint density at radius 3 is 1.10 bits per heavy atom. The molecule has 0 saturated carbocycles. The predicted molar refractivity (Wildman–Crippen MR) is 174 cm³/mol. The van der Waals surface area contributed by atoms with E-state index in [1.165, 1.54) is 0 Å². The highest BCUT2D eigenvalue weighted by Gasteiger charge is 2.80. The van der Waals surface area contributed by atoms with Gasteiger partial charge >= 0.3 is 17.8 Å². The van der Waals surface area contributed by atoms with E-state index in [0.29, 0.717) is 32.4 Å². The van der Waals surface area contributed by atoms with Gasteiger partial charge in [-0.05, 0) is 49.9 Å². The van der Waals surface area contributed by atoms with E-state index in [0.717, 1.165) is 79.8 Å². The molecule has 4 rings (SSSR count). The van der Waals surface area contributed by atoms with E-state index in [-0.39, 0.29) is 9.75 Å². The van der Waals surface area contributed by atoms with Crippen LogP contribution in [0.4, 0.5) is 26.3 Å². The third kappa shape index (κ3) is 6.32. The van der Waals surface area contributed by atoms with Crippen molar-refractivity contribution < 1.29 is 26.3 Å². The van der Waals surface area contributed by atoms with Gasteiger partial charge in [0.15, 0.2) is 0 Å². The second-order valence-corrected chi connectivity index (χ2v) is 17.9. The van der Waals surface area contributed by atoms with Gasteiger partial charge in [0.1, 0.15) is 0 Å². The largest absolute Gasteiger partial charge is 0.380 e. The van der Waals surface area contributed by atoms with Gasteiger partial charge in [0, 0.05) is 77.0 Å². The van der Waals surface area contributed by atoms with E-state index in [1.807, 2.05) is 35.3 Å².